The molecule has 1 rings (SSSR count). The molecule has 0 amide bonds. The number of guanidine groups is 1. The zero-order valence-corrected chi connectivity index (χ0v) is 11.6. The van der Waals surface area contributed by atoms with E-state index >= 15 is 0 Å². The van der Waals surface area contributed by atoms with Gasteiger partial charge in [0.05, 0.1) is 0 Å². The summed E-state index contributed by atoms with van der Waals surface area (Å²) in [7, 11) is 0. The second-order valence-corrected chi connectivity index (χ2v) is 6.04. The van der Waals surface area contributed by atoms with Gasteiger partial charge in [0.2, 0.25) is 0 Å². The number of aliphatic imine (C=N–C) groups is 1. The minimum absolute atomic E-state index is 0.622. The maximum absolute atomic E-state index is 4.56. The third-order valence-corrected chi connectivity index (χ3v) is 3.88. The molecular formula is C12H25N3S. The molecule has 0 radical (unpaired) electrons. The lowest BCUT2D eigenvalue weighted by Crippen LogP contribution is -2.40. The highest BCUT2D eigenvalue weighted by atomic mass is 32.2. The standard InChI is InChI=1S/C12H25N3S/c1-4-13-12(14-8-10(2)3)15-9-11-6-5-7-16-11/h10-11H,4-9H2,1-3H3,(H2,13,14,15). The maximum atomic E-state index is 4.56. The summed E-state index contributed by atoms with van der Waals surface area (Å²) in [5.74, 6) is 2.92. The molecule has 0 aliphatic carbocycles. The first-order valence-corrected chi connectivity index (χ1v) is 7.41. The Morgan fingerprint density at radius 3 is 2.81 bits per heavy atom. The molecule has 1 unspecified atom stereocenters. The van der Waals surface area contributed by atoms with Gasteiger partial charge >= 0.3 is 0 Å². The third kappa shape index (κ3) is 5.64. The van der Waals surface area contributed by atoms with Gasteiger partial charge in [0.1, 0.15) is 0 Å². The Morgan fingerprint density at radius 1 is 1.44 bits per heavy atom. The molecule has 0 bridgehead atoms. The summed E-state index contributed by atoms with van der Waals surface area (Å²) < 4.78 is 0. The molecule has 0 aromatic carbocycles. The van der Waals surface area contributed by atoms with Crippen molar-refractivity contribution in [2.75, 3.05) is 25.4 Å². The van der Waals surface area contributed by atoms with Gasteiger partial charge in [-0.25, -0.2) is 0 Å². The highest BCUT2D eigenvalue weighted by molar-refractivity contribution is 8.00. The quantitative estimate of drug-likeness (QED) is 0.573. The van der Waals surface area contributed by atoms with Crippen molar-refractivity contribution in [1.29, 1.82) is 0 Å². The van der Waals surface area contributed by atoms with Gasteiger partial charge in [0.25, 0.3) is 0 Å². The van der Waals surface area contributed by atoms with E-state index in [1.165, 1.54) is 18.6 Å². The topological polar surface area (TPSA) is 36.4 Å². The molecule has 0 aromatic rings. The van der Waals surface area contributed by atoms with Crippen LogP contribution in [-0.2, 0) is 0 Å². The Morgan fingerprint density at radius 2 is 2.25 bits per heavy atom. The van der Waals surface area contributed by atoms with Crippen LogP contribution in [0.5, 0.6) is 0 Å². The van der Waals surface area contributed by atoms with Crippen LogP contribution in [0.2, 0.25) is 0 Å². The third-order valence-electron chi connectivity index (χ3n) is 2.48. The van der Waals surface area contributed by atoms with E-state index in [0.717, 1.165) is 30.8 Å². The molecule has 1 atom stereocenters. The molecule has 94 valence electrons. The number of rotatable bonds is 5. The van der Waals surface area contributed by atoms with Gasteiger partial charge in [-0.2, -0.15) is 11.8 Å². The number of nitrogens with one attached hydrogen (secondary N) is 2. The Balaban J connectivity index is 2.28. The summed E-state index contributed by atoms with van der Waals surface area (Å²) in [6, 6.07) is 0. The van der Waals surface area contributed by atoms with Crippen LogP contribution in [0.25, 0.3) is 0 Å². The molecule has 0 spiro atoms. The Kier molecular flexibility index (Phi) is 6.69. The number of hydrogen-bond acceptors (Lipinski definition) is 2. The first kappa shape index (κ1) is 13.7. The Hall–Kier alpha value is -0.380. The van der Waals surface area contributed by atoms with Crippen LogP contribution in [0.15, 0.2) is 4.99 Å². The van der Waals surface area contributed by atoms with Gasteiger partial charge in [0.15, 0.2) is 5.96 Å². The first-order chi connectivity index (χ1) is 7.72. The van der Waals surface area contributed by atoms with Crippen molar-refractivity contribution in [3.8, 4) is 0 Å². The fraction of sp³-hybridized carbons (Fsp3) is 0.917. The molecule has 1 aliphatic rings. The van der Waals surface area contributed by atoms with E-state index in [2.05, 4.69) is 48.2 Å². The van der Waals surface area contributed by atoms with E-state index in [9.17, 15) is 0 Å². The molecule has 1 aliphatic heterocycles. The largest absolute Gasteiger partial charge is 0.357 e. The molecule has 2 N–H and O–H groups in total. The van der Waals surface area contributed by atoms with Crippen molar-refractivity contribution >= 4 is 17.7 Å². The van der Waals surface area contributed by atoms with Crippen LogP contribution in [-0.4, -0.2) is 36.6 Å². The monoisotopic (exact) mass is 243 g/mol. The minimum atomic E-state index is 0.622. The van der Waals surface area contributed by atoms with Gasteiger partial charge in [-0.3, -0.25) is 4.99 Å². The Labute approximate surface area is 104 Å². The minimum Gasteiger partial charge on any atom is -0.357 e. The SMILES string of the molecule is CCNC(=NCC(C)C)NCC1CCCS1. The van der Waals surface area contributed by atoms with Crippen LogP contribution >= 0.6 is 11.8 Å². The summed E-state index contributed by atoms with van der Waals surface area (Å²) in [6.07, 6.45) is 2.72. The molecule has 3 nitrogen and oxygen atoms in total. The maximum Gasteiger partial charge on any atom is 0.191 e. The predicted octanol–water partition coefficient (Wildman–Crippen LogP) is 2.09. The molecular weight excluding hydrogens is 218 g/mol. The number of nitrogens with zero attached hydrogens (tertiary/aromatic N) is 1. The van der Waals surface area contributed by atoms with E-state index in [1.54, 1.807) is 0 Å². The van der Waals surface area contributed by atoms with Gasteiger partial charge in [-0.1, -0.05) is 13.8 Å². The lowest BCUT2D eigenvalue weighted by Gasteiger charge is -2.14. The summed E-state index contributed by atoms with van der Waals surface area (Å²) >= 11 is 2.08. The van der Waals surface area contributed by atoms with Crippen molar-refractivity contribution in [3.63, 3.8) is 0 Å². The van der Waals surface area contributed by atoms with Crippen molar-refractivity contribution in [3.05, 3.63) is 0 Å². The predicted molar refractivity (Wildman–Crippen MR) is 74.3 cm³/mol. The summed E-state index contributed by atoms with van der Waals surface area (Å²) in [5.41, 5.74) is 0. The van der Waals surface area contributed by atoms with Crippen molar-refractivity contribution < 1.29 is 0 Å². The van der Waals surface area contributed by atoms with Gasteiger partial charge in [-0.15, -0.1) is 0 Å². The average Bonchev–Trinajstić information content (AvgIpc) is 2.75. The number of thioether (sulfide) groups is 1. The van der Waals surface area contributed by atoms with Crippen molar-refractivity contribution in [2.24, 2.45) is 10.9 Å². The second-order valence-electron chi connectivity index (χ2n) is 4.63. The van der Waals surface area contributed by atoms with E-state index in [1.807, 2.05) is 0 Å². The highest BCUT2D eigenvalue weighted by Crippen LogP contribution is 2.25. The fourth-order valence-corrected chi connectivity index (χ4v) is 2.83. The number of hydrogen-bond donors (Lipinski definition) is 2. The van der Waals surface area contributed by atoms with E-state index < -0.39 is 0 Å². The van der Waals surface area contributed by atoms with Crippen LogP contribution in [0, 0.1) is 5.92 Å². The van der Waals surface area contributed by atoms with Crippen LogP contribution in [0.1, 0.15) is 33.6 Å². The summed E-state index contributed by atoms with van der Waals surface area (Å²) in [6.45, 7) is 9.38. The summed E-state index contributed by atoms with van der Waals surface area (Å²) in [4.78, 5) is 4.56. The lowest BCUT2D eigenvalue weighted by molar-refractivity contribution is 0.654. The second kappa shape index (κ2) is 7.82. The zero-order valence-electron chi connectivity index (χ0n) is 10.8. The van der Waals surface area contributed by atoms with Crippen LogP contribution in [0.4, 0.5) is 0 Å². The highest BCUT2D eigenvalue weighted by Gasteiger charge is 2.15. The van der Waals surface area contributed by atoms with Crippen LogP contribution < -0.4 is 10.6 Å². The van der Waals surface area contributed by atoms with Gasteiger partial charge < -0.3 is 10.6 Å². The van der Waals surface area contributed by atoms with E-state index in [-0.39, 0.29) is 0 Å². The molecule has 0 aromatic heterocycles. The molecule has 1 heterocycles. The van der Waals surface area contributed by atoms with Crippen molar-refractivity contribution in [1.82, 2.24) is 10.6 Å². The van der Waals surface area contributed by atoms with Crippen LogP contribution in [0.3, 0.4) is 0 Å². The molecule has 4 heteroatoms. The van der Waals surface area contributed by atoms with Gasteiger partial charge in [-0.05, 0) is 31.4 Å². The lowest BCUT2D eigenvalue weighted by atomic mass is 10.2. The molecule has 1 saturated heterocycles. The first-order valence-electron chi connectivity index (χ1n) is 6.36. The van der Waals surface area contributed by atoms with E-state index in [4.69, 9.17) is 0 Å². The zero-order chi connectivity index (χ0) is 11.8. The molecule has 16 heavy (non-hydrogen) atoms. The normalized spacial score (nSPS) is 21.5. The Bertz CT molecular complexity index is 210. The molecule has 0 saturated carbocycles. The molecule has 1 fully saturated rings. The van der Waals surface area contributed by atoms with E-state index in [0.29, 0.717) is 5.92 Å². The van der Waals surface area contributed by atoms with Crippen molar-refractivity contribution in [2.45, 2.75) is 38.9 Å². The summed E-state index contributed by atoms with van der Waals surface area (Å²) in [5, 5.41) is 7.51. The smallest absolute Gasteiger partial charge is 0.191 e. The van der Waals surface area contributed by atoms with Gasteiger partial charge in [0, 0.05) is 24.9 Å². The fourth-order valence-electron chi connectivity index (χ4n) is 1.63. The average molecular weight is 243 g/mol.